The van der Waals surface area contributed by atoms with Crippen LogP contribution in [0.3, 0.4) is 0 Å². The Kier molecular flexibility index (Phi) is 6.05. The summed E-state index contributed by atoms with van der Waals surface area (Å²) in [5.41, 5.74) is 10.5. The molecule has 0 amide bonds. The smallest absolute Gasteiger partial charge is 0.196 e. The van der Waals surface area contributed by atoms with E-state index in [-0.39, 0.29) is 6.23 Å². The lowest BCUT2D eigenvalue weighted by Crippen LogP contribution is -2.24. The van der Waals surface area contributed by atoms with Crippen molar-refractivity contribution in [3.63, 3.8) is 0 Å². The zero-order valence-corrected chi connectivity index (χ0v) is 24.8. The van der Waals surface area contributed by atoms with Crippen LogP contribution >= 0.6 is 0 Å². The van der Waals surface area contributed by atoms with Crippen LogP contribution in [0, 0.1) is 0 Å². The Bertz CT molecular complexity index is 2160. The first kappa shape index (κ1) is 25.8. The molecule has 0 saturated heterocycles. The molecule has 0 fully saturated rings. The van der Waals surface area contributed by atoms with Gasteiger partial charge in [0.05, 0.1) is 11.0 Å². The van der Waals surface area contributed by atoms with Crippen molar-refractivity contribution in [2.45, 2.75) is 25.0 Å². The molecule has 0 aliphatic carbocycles. The number of anilines is 3. The van der Waals surface area contributed by atoms with Crippen LogP contribution in [0.15, 0.2) is 157 Å². The monoisotopic (exact) mass is 581 g/mol. The fourth-order valence-corrected chi connectivity index (χ4v) is 7.19. The summed E-state index contributed by atoms with van der Waals surface area (Å²) in [5, 5.41) is 2.46. The van der Waals surface area contributed by atoms with Gasteiger partial charge in [-0.3, -0.25) is 0 Å². The fourth-order valence-electron chi connectivity index (χ4n) is 7.19. The van der Waals surface area contributed by atoms with Crippen molar-refractivity contribution in [1.29, 1.82) is 0 Å². The summed E-state index contributed by atoms with van der Waals surface area (Å²) in [6.45, 7) is 0. The average molecular weight is 582 g/mol. The minimum Gasteiger partial charge on any atom is -0.468 e. The summed E-state index contributed by atoms with van der Waals surface area (Å²) < 4.78 is 8.61. The summed E-state index contributed by atoms with van der Waals surface area (Å²) in [4.78, 5) is 7.40. The highest BCUT2D eigenvalue weighted by atomic mass is 16.5. The van der Waals surface area contributed by atoms with Crippen LogP contribution in [0.4, 0.5) is 17.1 Å². The van der Waals surface area contributed by atoms with Crippen molar-refractivity contribution in [2.75, 3.05) is 4.90 Å². The number of hydrogen-bond donors (Lipinski definition) is 0. The highest BCUT2D eigenvalue weighted by molar-refractivity contribution is 6.11. The summed E-state index contributed by atoms with van der Waals surface area (Å²) in [7, 11) is 0. The van der Waals surface area contributed by atoms with Crippen molar-refractivity contribution in [2.24, 2.45) is 4.99 Å². The van der Waals surface area contributed by atoms with E-state index in [9.17, 15) is 0 Å². The third kappa shape index (κ3) is 4.33. The van der Waals surface area contributed by atoms with Crippen LogP contribution < -0.4 is 9.64 Å². The largest absolute Gasteiger partial charge is 0.468 e. The molecule has 2 unspecified atom stereocenters. The van der Waals surface area contributed by atoms with E-state index >= 15 is 0 Å². The maximum atomic E-state index is 6.23. The molecule has 9 rings (SSSR count). The second-order valence-corrected chi connectivity index (χ2v) is 11.9. The van der Waals surface area contributed by atoms with Gasteiger partial charge < -0.3 is 14.2 Å². The van der Waals surface area contributed by atoms with Gasteiger partial charge in [-0.25, -0.2) is 4.99 Å². The van der Waals surface area contributed by atoms with Crippen LogP contribution in [0.5, 0.6) is 5.75 Å². The first-order valence-electron chi connectivity index (χ1n) is 15.7. The molecule has 2 aliphatic heterocycles. The highest BCUT2D eigenvalue weighted by Crippen LogP contribution is 2.44. The molecule has 216 valence electrons. The van der Waals surface area contributed by atoms with E-state index in [1.54, 1.807) is 0 Å². The Morgan fingerprint density at radius 2 is 1.27 bits per heavy atom. The van der Waals surface area contributed by atoms with Gasteiger partial charge in [0.2, 0.25) is 0 Å². The molecule has 2 atom stereocenters. The standard InChI is InChI=1S/C41H31N3O/c1-3-11-29(12-4-1)43(30-13-5-2-6-14-30)32-23-26-39-36(27-32)33-15-7-9-17-38(33)44(39)31-21-19-28(20-22-31)37-25-24-35-34-16-8-10-18-40(34)45-41(35)42-37/h1-23,26-27,35,41H,24-25H2. The number of fused-ring (bicyclic) bond motifs is 6. The molecule has 6 aromatic carbocycles. The summed E-state index contributed by atoms with van der Waals surface area (Å²) in [6.07, 6.45) is 1.89. The number of aromatic nitrogens is 1. The van der Waals surface area contributed by atoms with Crippen molar-refractivity contribution in [3.8, 4) is 11.4 Å². The van der Waals surface area contributed by atoms with Crippen LogP contribution in [0.2, 0.25) is 0 Å². The van der Waals surface area contributed by atoms with Crippen molar-refractivity contribution < 1.29 is 4.74 Å². The van der Waals surface area contributed by atoms with E-state index < -0.39 is 0 Å². The Morgan fingerprint density at radius 1 is 0.600 bits per heavy atom. The third-order valence-electron chi connectivity index (χ3n) is 9.29. The van der Waals surface area contributed by atoms with Gasteiger partial charge in [0.25, 0.3) is 0 Å². The van der Waals surface area contributed by atoms with Crippen molar-refractivity contribution >= 4 is 44.6 Å². The molecule has 0 N–H and O–H groups in total. The molecule has 0 radical (unpaired) electrons. The van der Waals surface area contributed by atoms with Gasteiger partial charge in [-0.1, -0.05) is 84.9 Å². The minimum absolute atomic E-state index is 0.122. The lowest BCUT2D eigenvalue weighted by Gasteiger charge is -2.25. The molecule has 4 nitrogen and oxygen atoms in total. The van der Waals surface area contributed by atoms with E-state index in [0.29, 0.717) is 5.92 Å². The molecule has 0 spiro atoms. The third-order valence-corrected chi connectivity index (χ3v) is 9.29. The normalized spacial score (nSPS) is 17.0. The lowest BCUT2D eigenvalue weighted by molar-refractivity contribution is 0.206. The summed E-state index contributed by atoms with van der Waals surface area (Å²) in [5.74, 6) is 1.34. The first-order chi connectivity index (χ1) is 22.3. The summed E-state index contributed by atoms with van der Waals surface area (Å²) in [6, 6.07) is 54.0. The van der Waals surface area contributed by atoms with Gasteiger partial charge in [-0.15, -0.1) is 0 Å². The van der Waals surface area contributed by atoms with Crippen LogP contribution in [-0.4, -0.2) is 16.5 Å². The molecule has 3 heterocycles. The Labute approximate surface area is 262 Å². The maximum absolute atomic E-state index is 6.23. The van der Waals surface area contributed by atoms with Crippen LogP contribution in [-0.2, 0) is 0 Å². The number of hydrogen-bond acceptors (Lipinski definition) is 3. The summed E-state index contributed by atoms with van der Waals surface area (Å²) >= 11 is 0. The predicted octanol–water partition coefficient (Wildman–Crippen LogP) is 10.3. The second kappa shape index (κ2) is 10.5. The predicted molar refractivity (Wildman–Crippen MR) is 185 cm³/mol. The Balaban J connectivity index is 1.11. The number of nitrogens with zero attached hydrogens (tertiary/aromatic N) is 3. The number of rotatable bonds is 5. The van der Waals surface area contributed by atoms with Gasteiger partial charge in [0.1, 0.15) is 5.75 Å². The highest BCUT2D eigenvalue weighted by Gasteiger charge is 2.36. The molecular weight excluding hydrogens is 550 g/mol. The average Bonchev–Trinajstić information content (AvgIpc) is 3.64. The molecule has 4 heteroatoms. The first-order valence-corrected chi connectivity index (χ1v) is 15.7. The lowest BCUT2D eigenvalue weighted by atomic mass is 9.89. The van der Waals surface area contributed by atoms with E-state index in [4.69, 9.17) is 9.73 Å². The number of para-hydroxylation sites is 4. The van der Waals surface area contributed by atoms with Gasteiger partial charge in [-0.05, 0) is 85.1 Å². The molecule has 0 saturated carbocycles. The van der Waals surface area contributed by atoms with E-state index in [2.05, 4.69) is 155 Å². The van der Waals surface area contributed by atoms with E-state index in [1.807, 2.05) is 6.07 Å². The minimum atomic E-state index is -0.122. The molecule has 2 aliphatic rings. The molecule has 45 heavy (non-hydrogen) atoms. The van der Waals surface area contributed by atoms with Gasteiger partial charge >= 0.3 is 0 Å². The van der Waals surface area contributed by atoms with Gasteiger partial charge in [0.15, 0.2) is 6.23 Å². The van der Waals surface area contributed by atoms with Gasteiger partial charge in [0, 0.05) is 50.7 Å². The Morgan fingerprint density at radius 3 is 2.04 bits per heavy atom. The number of benzene rings is 6. The zero-order valence-electron chi connectivity index (χ0n) is 24.8. The molecule has 1 aromatic heterocycles. The van der Waals surface area contributed by atoms with Gasteiger partial charge in [-0.2, -0.15) is 0 Å². The topological polar surface area (TPSA) is 29.8 Å². The quantitative estimate of drug-likeness (QED) is 0.202. The second-order valence-electron chi connectivity index (χ2n) is 11.9. The van der Waals surface area contributed by atoms with E-state index in [0.717, 1.165) is 47.1 Å². The van der Waals surface area contributed by atoms with Crippen LogP contribution in [0.25, 0.3) is 27.5 Å². The molecular formula is C41H31N3O. The van der Waals surface area contributed by atoms with Crippen molar-refractivity contribution in [1.82, 2.24) is 4.57 Å². The Hall–Kier alpha value is -5.61. The molecule has 0 bridgehead atoms. The number of ether oxygens (including phenoxy) is 1. The SMILES string of the molecule is c1ccc(N(c2ccccc2)c2ccc3c(c2)c2ccccc2n3-c2ccc(C3=NC4Oc5ccccc5C4CC3)cc2)cc1. The zero-order chi connectivity index (χ0) is 29.7. The van der Waals surface area contributed by atoms with Crippen LogP contribution in [0.1, 0.15) is 29.9 Å². The van der Waals surface area contributed by atoms with Crippen molar-refractivity contribution in [3.05, 3.63) is 163 Å². The maximum Gasteiger partial charge on any atom is 0.196 e. The van der Waals surface area contributed by atoms with E-state index in [1.165, 1.54) is 32.9 Å². The number of aliphatic imine (C=N–C) groups is 1. The molecule has 7 aromatic rings. The fraction of sp³-hybridized carbons (Fsp3) is 0.0976.